The van der Waals surface area contributed by atoms with Gasteiger partial charge in [-0.1, -0.05) is 30.0 Å². The van der Waals surface area contributed by atoms with Crippen LogP contribution in [0.2, 0.25) is 0 Å². The lowest BCUT2D eigenvalue weighted by atomic mass is 10.2. The van der Waals surface area contributed by atoms with E-state index in [0.717, 1.165) is 22.6 Å². The normalized spacial score (nSPS) is 9.70. The number of rotatable bonds is 4. The number of aryl methyl sites for hydroxylation is 1. The number of para-hydroxylation sites is 1. The molecule has 0 saturated heterocycles. The van der Waals surface area contributed by atoms with Crippen molar-refractivity contribution in [1.29, 1.82) is 0 Å². The molecular formula is C17H17NO2. The third-order valence-electron chi connectivity index (χ3n) is 2.83. The lowest BCUT2D eigenvalue weighted by molar-refractivity contribution is 0.299. The SMILES string of the molecule is Cc1cccnc1COc1ccccc1C#CCCO. The van der Waals surface area contributed by atoms with Crippen LogP contribution in [0.1, 0.15) is 23.2 Å². The Hall–Kier alpha value is -2.31. The molecule has 3 nitrogen and oxygen atoms in total. The Morgan fingerprint density at radius 3 is 2.85 bits per heavy atom. The number of pyridine rings is 1. The minimum Gasteiger partial charge on any atom is -0.486 e. The van der Waals surface area contributed by atoms with Crippen molar-refractivity contribution in [3.8, 4) is 17.6 Å². The van der Waals surface area contributed by atoms with Crippen molar-refractivity contribution < 1.29 is 9.84 Å². The summed E-state index contributed by atoms with van der Waals surface area (Å²) in [5.41, 5.74) is 2.86. The van der Waals surface area contributed by atoms with E-state index in [9.17, 15) is 0 Å². The van der Waals surface area contributed by atoms with Crippen molar-refractivity contribution in [2.24, 2.45) is 0 Å². The van der Waals surface area contributed by atoms with E-state index in [4.69, 9.17) is 9.84 Å². The maximum Gasteiger partial charge on any atom is 0.135 e. The molecule has 0 aliphatic heterocycles. The van der Waals surface area contributed by atoms with Crippen molar-refractivity contribution in [1.82, 2.24) is 4.98 Å². The summed E-state index contributed by atoms with van der Waals surface area (Å²) in [6.07, 6.45) is 2.23. The zero-order valence-corrected chi connectivity index (χ0v) is 11.5. The molecule has 0 radical (unpaired) electrons. The van der Waals surface area contributed by atoms with Gasteiger partial charge in [-0.25, -0.2) is 0 Å². The molecule has 0 atom stereocenters. The van der Waals surface area contributed by atoms with Gasteiger partial charge in [0.2, 0.25) is 0 Å². The second-order valence-corrected chi connectivity index (χ2v) is 4.33. The predicted molar refractivity (Wildman–Crippen MR) is 78.3 cm³/mol. The van der Waals surface area contributed by atoms with E-state index >= 15 is 0 Å². The number of aliphatic hydroxyl groups excluding tert-OH is 1. The molecule has 0 amide bonds. The zero-order valence-electron chi connectivity index (χ0n) is 11.5. The molecule has 102 valence electrons. The monoisotopic (exact) mass is 267 g/mol. The van der Waals surface area contributed by atoms with E-state index in [1.807, 2.05) is 43.3 Å². The topological polar surface area (TPSA) is 42.4 Å². The van der Waals surface area contributed by atoms with Crippen LogP contribution in [-0.2, 0) is 6.61 Å². The Labute approximate surface area is 119 Å². The molecule has 20 heavy (non-hydrogen) atoms. The van der Waals surface area contributed by atoms with Crippen molar-refractivity contribution >= 4 is 0 Å². The Morgan fingerprint density at radius 1 is 1.20 bits per heavy atom. The van der Waals surface area contributed by atoms with E-state index < -0.39 is 0 Å². The van der Waals surface area contributed by atoms with Crippen molar-refractivity contribution in [3.63, 3.8) is 0 Å². The van der Waals surface area contributed by atoms with Crippen LogP contribution in [-0.4, -0.2) is 16.7 Å². The number of ether oxygens (including phenoxy) is 1. The maximum absolute atomic E-state index is 8.75. The summed E-state index contributed by atoms with van der Waals surface area (Å²) in [4.78, 5) is 4.30. The van der Waals surface area contributed by atoms with Gasteiger partial charge in [0.15, 0.2) is 0 Å². The molecule has 1 N–H and O–H groups in total. The van der Waals surface area contributed by atoms with Crippen LogP contribution in [0.4, 0.5) is 0 Å². The van der Waals surface area contributed by atoms with E-state index in [2.05, 4.69) is 16.8 Å². The fourth-order valence-corrected chi connectivity index (χ4v) is 1.73. The van der Waals surface area contributed by atoms with Gasteiger partial charge in [0, 0.05) is 12.6 Å². The molecule has 0 aliphatic rings. The molecule has 0 aliphatic carbocycles. The molecule has 1 heterocycles. The molecule has 2 aromatic rings. The fourth-order valence-electron chi connectivity index (χ4n) is 1.73. The minimum atomic E-state index is 0.0726. The highest BCUT2D eigenvalue weighted by Crippen LogP contribution is 2.18. The van der Waals surface area contributed by atoms with Gasteiger partial charge in [0.1, 0.15) is 12.4 Å². The van der Waals surface area contributed by atoms with E-state index in [0.29, 0.717) is 13.0 Å². The number of benzene rings is 1. The Kier molecular flexibility index (Phi) is 5.16. The molecule has 2 rings (SSSR count). The van der Waals surface area contributed by atoms with Gasteiger partial charge in [-0.2, -0.15) is 0 Å². The zero-order chi connectivity index (χ0) is 14.2. The van der Waals surface area contributed by atoms with Gasteiger partial charge in [-0.15, -0.1) is 0 Å². The lowest BCUT2D eigenvalue weighted by Crippen LogP contribution is -2.01. The molecule has 0 saturated carbocycles. The lowest BCUT2D eigenvalue weighted by Gasteiger charge is -2.09. The van der Waals surface area contributed by atoms with Gasteiger partial charge in [0.25, 0.3) is 0 Å². The summed E-state index contributed by atoms with van der Waals surface area (Å²) < 4.78 is 5.81. The van der Waals surface area contributed by atoms with Crippen LogP contribution in [0.15, 0.2) is 42.6 Å². The summed E-state index contributed by atoms with van der Waals surface area (Å²) in [5, 5.41) is 8.75. The van der Waals surface area contributed by atoms with Crippen LogP contribution >= 0.6 is 0 Å². The van der Waals surface area contributed by atoms with Crippen molar-refractivity contribution in [2.45, 2.75) is 20.0 Å². The third-order valence-corrected chi connectivity index (χ3v) is 2.83. The average molecular weight is 267 g/mol. The molecule has 1 aromatic heterocycles. The fraction of sp³-hybridized carbons (Fsp3) is 0.235. The van der Waals surface area contributed by atoms with E-state index in [1.54, 1.807) is 6.20 Å². The first-order valence-corrected chi connectivity index (χ1v) is 6.53. The molecule has 0 unspecified atom stereocenters. The predicted octanol–water partition coefficient (Wildman–Crippen LogP) is 2.70. The van der Waals surface area contributed by atoms with Gasteiger partial charge >= 0.3 is 0 Å². The van der Waals surface area contributed by atoms with E-state index in [-0.39, 0.29) is 6.61 Å². The molecule has 0 fully saturated rings. The first-order chi connectivity index (χ1) is 9.81. The third kappa shape index (κ3) is 3.84. The van der Waals surface area contributed by atoms with Crippen LogP contribution in [0.5, 0.6) is 5.75 Å². The van der Waals surface area contributed by atoms with Gasteiger partial charge in [-0.05, 0) is 30.7 Å². The van der Waals surface area contributed by atoms with Gasteiger partial charge in [0.05, 0.1) is 17.9 Å². The number of aliphatic hydroxyl groups is 1. The number of hydrogen-bond acceptors (Lipinski definition) is 3. The van der Waals surface area contributed by atoms with Crippen LogP contribution < -0.4 is 4.74 Å². The Bertz CT molecular complexity index is 626. The highest BCUT2D eigenvalue weighted by Gasteiger charge is 2.03. The van der Waals surface area contributed by atoms with Crippen molar-refractivity contribution in [3.05, 3.63) is 59.4 Å². The summed E-state index contributed by atoms with van der Waals surface area (Å²) in [5.74, 6) is 6.65. The highest BCUT2D eigenvalue weighted by molar-refractivity contribution is 5.45. The Balaban J connectivity index is 2.10. The summed E-state index contributed by atoms with van der Waals surface area (Å²) in [6.45, 7) is 2.51. The first-order valence-electron chi connectivity index (χ1n) is 6.53. The summed E-state index contributed by atoms with van der Waals surface area (Å²) in [6, 6.07) is 11.6. The smallest absolute Gasteiger partial charge is 0.135 e. The maximum atomic E-state index is 8.75. The average Bonchev–Trinajstić information content (AvgIpc) is 2.48. The second kappa shape index (κ2) is 7.32. The first kappa shape index (κ1) is 14.1. The molecule has 1 aromatic carbocycles. The molecular weight excluding hydrogens is 250 g/mol. The summed E-state index contributed by atoms with van der Waals surface area (Å²) in [7, 11) is 0. The number of nitrogens with zero attached hydrogens (tertiary/aromatic N) is 1. The summed E-state index contributed by atoms with van der Waals surface area (Å²) >= 11 is 0. The van der Waals surface area contributed by atoms with Crippen LogP contribution in [0.25, 0.3) is 0 Å². The van der Waals surface area contributed by atoms with E-state index in [1.165, 1.54) is 0 Å². The van der Waals surface area contributed by atoms with Crippen LogP contribution in [0, 0.1) is 18.8 Å². The van der Waals surface area contributed by atoms with Gasteiger partial charge < -0.3 is 9.84 Å². The molecule has 0 spiro atoms. The molecule has 0 bridgehead atoms. The largest absolute Gasteiger partial charge is 0.486 e. The minimum absolute atomic E-state index is 0.0726. The highest BCUT2D eigenvalue weighted by atomic mass is 16.5. The number of aromatic nitrogens is 1. The van der Waals surface area contributed by atoms with Crippen LogP contribution in [0.3, 0.4) is 0 Å². The molecule has 3 heteroatoms. The number of hydrogen-bond donors (Lipinski definition) is 1. The second-order valence-electron chi connectivity index (χ2n) is 4.33. The standard InChI is InChI=1S/C17H17NO2/c1-14-7-6-11-18-16(14)13-20-17-10-3-2-8-15(17)9-4-5-12-19/h2-3,6-8,10-11,19H,5,12-13H2,1H3. The van der Waals surface area contributed by atoms with Gasteiger partial charge in [-0.3, -0.25) is 4.98 Å². The Morgan fingerprint density at radius 2 is 2.05 bits per heavy atom. The van der Waals surface area contributed by atoms with Crippen molar-refractivity contribution in [2.75, 3.05) is 6.61 Å². The quantitative estimate of drug-likeness (QED) is 0.866.